The van der Waals surface area contributed by atoms with Crippen molar-refractivity contribution in [1.82, 2.24) is 4.98 Å². The number of nitrogens with zero attached hydrogens (tertiary/aromatic N) is 1. The van der Waals surface area contributed by atoms with E-state index in [0.717, 1.165) is 11.3 Å². The number of para-hydroxylation sites is 1. The third-order valence-corrected chi connectivity index (χ3v) is 4.02. The van der Waals surface area contributed by atoms with Crippen molar-refractivity contribution in [3.63, 3.8) is 0 Å². The first kappa shape index (κ1) is 19.7. The molecule has 0 fully saturated rings. The molecular weight excluding hydrogens is 384 g/mol. The number of benzene rings is 1. The number of hydrogen-bond donors (Lipinski definition) is 1. The van der Waals surface area contributed by atoms with Crippen molar-refractivity contribution in [1.29, 1.82) is 0 Å². The fraction of sp³-hybridized carbons (Fsp3) is 0.250. The van der Waals surface area contributed by atoms with Crippen LogP contribution in [0.4, 0.5) is 5.13 Å². The molecule has 2 rings (SSSR count). The predicted octanol–water partition coefficient (Wildman–Crippen LogP) is 2.07. The monoisotopic (exact) mass is 398 g/mol. The summed E-state index contributed by atoms with van der Waals surface area (Å²) in [4.78, 5) is 38.6. The van der Waals surface area contributed by atoms with Gasteiger partial charge in [-0.15, -0.1) is 11.3 Å². The first-order valence-corrected chi connectivity index (χ1v) is 8.57. The number of rotatable bonds is 8. The van der Waals surface area contributed by atoms with Crippen molar-refractivity contribution in [2.24, 2.45) is 0 Å². The highest BCUT2D eigenvalue weighted by Crippen LogP contribution is 2.22. The average Bonchev–Trinajstić information content (AvgIpc) is 3.05. The van der Waals surface area contributed by atoms with Gasteiger partial charge in [0.15, 0.2) is 18.3 Å². The summed E-state index contributed by atoms with van der Waals surface area (Å²) in [5.74, 6) is -1.36. The van der Waals surface area contributed by atoms with E-state index >= 15 is 0 Å². The molecule has 0 aliphatic heterocycles. The molecule has 0 atom stereocenters. The standard InChI is InChI=1S/C16H15ClN2O6S/c1-23-14(21)6-10-9-26-16(18-10)19-13(20)7-25-15(22)8-24-12-5-3-2-4-11(12)17/h2-5,9H,6-8H2,1H3,(H,18,19,20). The lowest BCUT2D eigenvalue weighted by atomic mass is 10.3. The maximum absolute atomic E-state index is 11.8. The van der Waals surface area contributed by atoms with E-state index < -0.39 is 24.5 Å². The number of amides is 1. The molecule has 1 N–H and O–H groups in total. The van der Waals surface area contributed by atoms with Crippen LogP contribution in [0, 0.1) is 0 Å². The van der Waals surface area contributed by atoms with Crippen molar-refractivity contribution in [3.05, 3.63) is 40.4 Å². The van der Waals surface area contributed by atoms with Crippen LogP contribution in [0.1, 0.15) is 5.69 Å². The molecule has 2 aromatic rings. The quantitative estimate of drug-likeness (QED) is 0.679. The molecular formula is C16H15ClN2O6S. The van der Waals surface area contributed by atoms with Crippen molar-refractivity contribution in [2.45, 2.75) is 6.42 Å². The van der Waals surface area contributed by atoms with Crippen LogP contribution in [0.15, 0.2) is 29.6 Å². The summed E-state index contributed by atoms with van der Waals surface area (Å²) in [7, 11) is 1.28. The summed E-state index contributed by atoms with van der Waals surface area (Å²) in [5.41, 5.74) is 0.474. The Morgan fingerprint density at radius 2 is 1.96 bits per heavy atom. The first-order chi connectivity index (χ1) is 12.5. The largest absolute Gasteiger partial charge is 0.480 e. The number of esters is 2. The van der Waals surface area contributed by atoms with Crippen LogP contribution in [0.5, 0.6) is 5.75 Å². The smallest absolute Gasteiger partial charge is 0.344 e. The van der Waals surface area contributed by atoms with E-state index in [-0.39, 0.29) is 18.2 Å². The van der Waals surface area contributed by atoms with Gasteiger partial charge in [-0.05, 0) is 12.1 Å². The van der Waals surface area contributed by atoms with Crippen molar-refractivity contribution < 1.29 is 28.6 Å². The number of ether oxygens (including phenoxy) is 3. The van der Waals surface area contributed by atoms with Crippen LogP contribution in [-0.2, 0) is 30.3 Å². The van der Waals surface area contributed by atoms with Crippen molar-refractivity contribution >= 4 is 45.9 Å². The number of hydrogen-bond acceptors (Lipinski definition) is 8. The molecule has 0 unspecified atom stereocenters. The second-order valence-electron chi connectivity index (χ2n) is 4.82. The number of anilines is 1. The molecule has 0 bridgehead atoms. The topological polar surface area (TPSA) is 104 Å². The van der Waals surface area contributed by atoms with E-state index in [1.807, 2.05) is 0 Å². The molecule has 26 heavy (non-hydrogen) atoms. The molecule has 10 heteroatoms. The number of carbonyl (C=O) groups is 3. The number of thiazole rings is 1. The van der Waals surface area contributed by atoms with E-state index in [9.17, 15) is 14.4 Å². The van der Waals surface area contributed by atoms with Crippen LogP contribution in [0.3, 0.4) is 0 Å². The predicted molar refractivity (Wildman–Crippen MR) is 94.4 cm³/mol. The highest BCUT2D eigenvalue weighted by Gasteiger charge is 2.12. The molecule has 138 valence electrons. The molecule has 0 spiro atoms. The lowest BCUT2D eigenvalue weighted by Crippen LogP contribution is -2.23. The van der Waals surface area contributed by atoms with E-state index in [1.54, 1.807) is 29.6 Å². The second-order valence-corrected chi connectivity index (χ2v) is 6.09. The number of aromatic nitrogens is 1. The summed E-state index contributed by atoms with van der Waals surface area (Å²) >= 11 is 7.04. The maximum Gasteiger partial charge on any atom is 0.344 e. The van der Waals surface area contributed by atoms with Gasteiger partial charge in [-0.1, -0.05) is 23.7 Å². The van der Waals surface area contributed by atoms with Crippen molar-refractivity contribution in [2.75, 3.05) is 25.6 Å². The highest BCUT2D eigenvalue weighted by molar-refractivity contribution is 7.13. The number of nitrogens with one attached hydrogen (secondary N) is 1. The summed E-state index contributed by atoms with van der Waals surface area (Å²) in [5, 5.41) is 4.74. The van der Waals surface area contributed by atoms with Gasteiger partial charge in [-0.25, -0.2) is 9.78 Å². The second kappa shape index (κ2) is 9.73. The van der Waals surface area contributed by atoms with Gasteiger partial charge in [0.25, 0.3) is 5.91 Å². The van der Waals surface area contributed by atoms with Gasteiger partial charge >= 0.3 is 11.9 Å². The van der Waals surface area contributed by atoms with Crippen molar-refractivity contribution in [3.8, 4) is 5.75 Å². The summed E-state index contributed by atoms with van der Waals surface area (Å²) < 4.78 is 14.6. The van der Waals surface area contributed by atoms with Gasteiger partial charge in [-0.3, -0.25) is 14.9 Å². The van der Waals surface area contributed by atoms with Gasteiger partial charge in [0.05, 0.1) is 24.2 Å². The van der Waals surface area contributed by atoms with Gasteiger partial charge < -0.3 is 14.2 Å². The molecule has 0 saturated carbocycles. The van der Waals surface area contributed by atoms with E-state index in [2.05, 4.69) is 15.0 Å². The van der Waals surface area contributed by atoms with E-state index in [0.29, 0.717) is 16.5 Å². The van der Waals surface area contributed by atoms with Gasteiger partial charge in [0.1, 0.15) is 5.75 Å². The van der Waals surface area contributed by atoms with Gasteiger partial charge in [0, 0.05) is 5.38 Å². The molecule has 0 saturated heterocycles. The average molecular weight is 399 g/mol. The lowest BCUT2D eigenvalue weighted by molar-refractivity contribution is -0.149. The maximum atomic E-state index is 11.8. The van der Waals surface area contributed by atoms with Crippen LogP contribution in [-0.4, -0.2) is 43.2 Å². The Labute approximate surface area is 158 Å². The SMILES string of the molecule is COC(=O)Cc1csc(NC(=O)COC(=O)COc2ccccc2Cl)n1. The number of halogens is 1. The van der Waals surface area contributed by atoms with Crippen LogP contribution >= 0.6 is 22.9 Å². The lowest BCUT2D eigenvalue weighted by Gasteiger charge is -2.07. The molecule has 1 aromatic carbocycles. The Bertz CT molecular complexity index is 795. The Morgan fingerprint density at radius 3 is 2.69 bits per heavy atom. The summed E-state index contributed by atoms with van der Waals surface area (Å²) in [6.45, 7) is -0.867. The first-order valence-electron chi connectivity index (χ1n) is 7.32. The minimum atomic E-state index is -0.717. The third kappa shape index (κ3) is 6.34. The molecule has 0 aliphatic rings. The fourth-order valence-electron chi connectivity index (χ4n) is 1.71. The fourth-order valence-corrected chi connectivity index (χ4v) is 2.62. The Hall–Kier alpha value is -2.65. The third-order valence-electron chi connectivity index (χ3n) is 2.90. The minimum Gasteiger partial charge on any atom is -0.480 e. The van der Waals surface area contributed by atoms with Crippen LogP contribution in [0.25, 0.3) is 0 Å². The molecule has 1 amide bonds. The normalized spacial score (nSPS) is 10.1. The van der Waals surface area contributed by atoms with Crippen LogP contribution < -0.4 is 10.1 Å². The van der Waals surface area contributed by atoms with Gasteiger partial charge in [-0.2, -0.15) is 0 Å². The minimum absolute atomic E-state index is 0.0112. The van der Waals surface area contributed by atoms with E-state index in [4.69, 9.17) is 21.1 Å². The molecule has 8 nitrogen and oxygen atoms in total. The zero-order valence-electron chi connectivity index (χ0n) is 13.7. The molecule has 0 aliphatic carbocycles. The summed E-state index contributed by atoms with van der Waals surface area (Å²) in [6, 6.07) is 6.67. The molecule has 1 aromatic heterocycles. The number of methoxy groups -OCH3 is 1. The number of carbonyl (C=O) groups excluding carboxylic acids is 3. The Balaban J connectivity index is 1.72. The molecule has 1 heterocycles. The zero-order chi connectivity index (χ0) is 18.9. The highest BCUT2D eigenvalue weighted by atomic mass is 35.5. The van der Waals surface area contributed by atoms with Gasteiger partial charge in [0.2, 0.25) is 0 Å². The Morgan fingerprint density at radius 1 is 1.19 bits per heavy atom. The van der Waals surface area contributed by atoms with Crippen LogP contribution in [0.2, 0.25) is 5.02 Å². The summed E-state index contributed by atoms with van der Waals surface area (Å²) in [6.07, 6.45) is 0.0112. The zero-order valence-corrected chi connectivity index (χ0v) is 15.3. The molecule has 0 radical (unpaired) electrons. The Kier molecular flexibility index (Phi) is 7.37. The van der Waals surface area contributed by atoms with E-state index in [1.165, 1.54) is 7.11 Å².